The van der Waals surface area contributed by atoms with Crippen molar-refractivity contribution in [3.8, 4) is 5.69 Å². The predicted molar refractivity (Wildman–Crippen MR) is 65.6 cm³/mol. The Morgan fingerprint density at radius 2 is 2.30 bits per heavy atom. The number of rotatable bonds is 5. The van der Waals surface area contributed by atoms with Gasteiger partial charge in [0, 0.05) is 12.1 Å². The summed E-state index contributed by atoms with van der Waals surface area (Å²) in [5, 5.41) is 24.9. The van der Waals surface area contributed by atoms with Crippen molar-refractivity contribution in [1.29, 1.82) is 0 Å². The molecule has 3 rings (SSSR count). The summed E-state index contributed by atoms with van der Waals surface area (Å²) in [5.74, 6) is -0.274. The number of nitro groups is 1. The van der Waals surface area contributed by atoms with E-state index in [1.165, 1.54) is 16.8 Å². The Balaban J connectivity index is 1.88. The molecule has 1 saturated carbocycles. The predicted octanol–water partition coefficient (Wildman–Crippen LogP) is 0.962. The number of halogens is 1. The fraction of sp³-hybridized carbons (Fsp3) is 0.364. The number of nitrogens with one attached hydrogen (secondary N) is 1. The van der Waals surface area contributed by atoms with Gasteiger partial charge in [0.1, 0.15) is 5.69 Å². The van der Waals surface area contributed by atoms with E-state index in [1.807, 2.05) is 0 Å². The first-order chi connectivity index (χ1) is 9.65. The van der Waals surface area contributed by atoms with Crippen LogP contribution in [0.5, 0.6) is 0 Å². The number of hydrogen-bond acceptors (Lipinski definition) is 6. The highest BCUT2D eigenvalue weighted by Crippen LogP contribution is 2.21. The van der Waals surface area contributed by atoms with Crippen molar-refractivity contribution < 1.29 is 9.31 Å². The first-order valence-electron chi connectivity index (χ1n) is 6.10. The van der Waals surface area contributed by atoms with E-state index in [0.717, 1.165) is 18.9 Å². The van der Waals surface area contributed by atoms with Crippen LogP contribution in [0.2, 0.25) is 0 Å². The third-order valence-corrected chi connectivity index (χ3v) is 3.03. The van der Waals surface area contributed by atoms with Gasteiger partial charge in [-0.2, -0.15) is 4.68 Å². The molecule has 1 heterocycles. The molecule has 1 aromatic carbocycles. The molecule has 0 unspecified atom stereocenters. The molecule has 0 radical (unpaired) electrons. The molecule has 1 aromatic heterocycles. The van der Waals surface area contributed by atoms with Crippen molar-refractivity contribution in [1.82, 2.24) is 25.5 Å². The second kappa shape index (κ2) is 4.93. The molecule has 8 nitrogen and oxygen atoms in total. The van der Waals surface area contributed by atoms with Crippen molar-refractivity contribution in [2.45, 2.75) is 25.4 Å². The Hall–Kier alpha value is -2.42. The molecule has 9 heteroatoms. The van der Waals surface area contributed by atoms with Gasteiger partial charge in [0.25, 0.3) is 5.69 Å². The maximum atomic E-state index is 13.9. The van der Waals surface area contributed by atoms with E-state index in [0.29, 0.717) is 18.4 Å². The number of nitrogens with zero attached hydrogens (tertiary/aromatic N) is 5. The van der Waals surface area contributed by atoms with E-state index >= 15 is 0 Å². The first-order valence-corrected chi connectivity index (χ1v) is 6.10. The zero-order chi connectivity index (χ0) is 14.1. The summed E-state index contributed by atoms with van der Waals surface area (Å²) < 4.78 is 15.2. The second-order valence-electron chi connectivity index (χ2n) is 4.55. The van der Waals surface area contributed by atoms with Gasteiger partial charge in [-0.05, 0) is 29.3 Å². The van der Waals surface area contributed by atoms with Gasteiger partial charge in [0.05, 0.1) is 17.5 Å². The van der Waals surface area contributed by atoms with Gasteiger partial charge in [-0.15, -0.1) is 5.10 Å². The van der Waals surface area contributed by atoms with Crippen LogP contribution in [0.4, 0.5) is 10.1 Å². The SMILES string of the molecule is O=[N+]([O-])c1ccc(-n2nnnc2CNC2CC2)c(F)c1. The molecule has 0 saturated heterocycles. The Morgan fingerprint density at radius 1 is 1.50 bits per heavy atom. The lowest BCUT2D eigenvalue weighted by atomic mass is 10.2. The molecule has 2 aromatic rings. The molecule has 0 atom stereocenters. The number of nitro benzene ring substituents is 1. The van der Waals surface area contributed by atoms with Crippen LogP contribution >= 0.6 is 0 Å². The topological polar surface area (TPSA) is 98.8 Å². The third kappa shape index (κ3) is 2.48. The number of benzene rings is 1. The molecule has 0 aliphatic heterocycles. The molecular weight excluding hydrogens is 267 g/mol. The van der Waals surface area contributed by atoms with E-state index < -0.39 is 10.7 Å². The summed E-state index contributed by atoms with van der Waals surface area (Å²) in [5.41, 5.74) is -0.217. The lowest BCUT2D eigenvalue weighted by molar-refractivity contribution is -0.385. The normalized spacial score (nSPS) is 14.4. The highest BCUT2D eigenvalue weighted by Gasteiger charge is 2.22. The van der Waals surface area contributed by atoms with Crippen molar-refractivity contribution in [2.24, 2.45) is 0 Å². The minimum absolute atomic E-state index is 0.0909. The van der Waals surface area contributed by atoms with Crippen molar-refractivity contribution >= 4 is 5.69 Å². The number of hydrogen-bond donors (Lipinski definition) is 1. The molecule has 0 spiro atoms. The smallest absolute Gasteiger partial charge is 0.272 e. The number of non-ortho nitro benzene ring substituents is 1. The van der Waals surface area contributed by atoms with Gasteiger partial charge in [-0.3, -0.25) is 10.1 Å². The van der Waals surface area contributed by atoms with Crippen LogP contribution in [0.3, 0.4) is 0 Å². The zero-order valence-corrected chi connectivity index (χ0v) is 10.4. The minimum atomic E-state index is -0.737. The summed E-state index contributed by atoms with van der Waals surface area (Å²) in [6.45, 7) is 0.425. The maximum absolute atomic E-state index is 13.9. The lowest BCUT2D eigenvalue weighted by Crippen LogP contribution is -2.19. The Labute approximate surface area is 112 Å². The van der Waals surface area contributed by atoms with E-state index in [1.54, 1.807) is 0 Å². The summed E-state index contributed by atoms with van der Waals surface area (Å²) in [7, 11) is 0. The molecule has 104 valence electrons. The molecule has 1 fully saturated rings. The maximum Gasteiger partial charge on any atom is 0.272 e. The standard InChI is InChI=1S/C11H11FN6O2/c12-9-5-8(18(19)20)3-4-10(9)17-11(14-15-16-17)6-13-7-1-2-7/h3-5,7,13H,1-2,6H2. The molecule has 1 N–H and O–H groups in total. The highest BCUT2D eigenvalue weighted by molar-refractivity contribution is 5.42. The van der Waals surface area contributed by atoms with Gasteiger partial charge < -0.3 is 5.32 Å². The Kier molecular flexibility index (Phi) is 3.11. The van der Waals surface area contributed by atoms with Crippen LogP contribution in [0, 0.1) is 15.9 Å². The number of aromatic nitrogens is 4. The summed E-state index contributed by atoms with van der Waals surface area (Å²) >= 11 is 0. The van der Waals surface area contributed by atoms with Crippen LogP contribution < -0.4 is 5.32 Å². The summed E-state index contributed by atoms with van der Waals surface area (Å²) in [4.78, 5) is 9.93. The van der Waals surface area contributed by atoms with Crippen molar-refractivity contribution in [2.75, 3.05) is 0 Å². The summed E-state index contributed by atoms with van der Waals surface area (Å²) in [6.07, 6.45) is 2.24. The fourth-order valence-electron chi connectivity index (χ4n) is 1.81. The number of tetrazole rings is 1. The molecule has 0 amide bonds. The molecule has 1 aliphatic rings. The molecular formula is C11H11FN6O2. The Morgan fingerprint density at radius 3 is 2.95 bits per heavy atom. The van der Waals surface area contributed by atoms with Crippen LogP contribution in [0.1, 0.15) is 18.7 Å². The largest absolute Gasteiger partial charge is 0.307 e. The molecule has 1 aliphatic carbocycles. The monoisotopic (exact) mass is 278 g/mol. The highest BCUT2D eigenvalue weighted by atomic mass is 19.1. The van der Waals surface area contributed by atoms with Crippen molar-refractivity contribution in [3.63, 3.8) is 0 Å². The van der Waals surface area contributed by atoms with Crippen LogP contribution in [0.25, 0.3) is 5.69 Å². The van der Waals surface area contributed by atoms with Gasteiger partial charge in [-0.1, -0.05) is 0 Å². The van der Waals surface area contributed by atoms with Gasteiger partial charge in [0.15, 0.2) is 11.6 Å². The average Bonchev–Trinajstić information content (AvgIpc) is 3.14. The van der Waals surface area contributed by atoms with Gasteiger partial charge in [-0.25, -0.2) is 4.39 Å². The Bertz CT molecular complexity index is 654. The van der Waals surface area contributed by atoms with E-state index in [-0.39, 0.29) is 11.4 Å². The average molecular weight is 278 g/mol. The van der Waals surface area contributed by atoms with Crippen LogP contribution in [0.15, 0.2) is 18.2 Å². The second-order valence-corrected chi connectivity index (χ2v) is 4.55. The molecule has 20 heavy (non-hydrogen) atoms. The quantitative estimate of drug-likeness (QED) is 0.646. The van der Waals surface area contributed by atoms with Crippen LogP contribution in [-0.4, -0.2) is 31.2 Å². The van der Waals surface area contributed by atoms with E-state index in [2.05, 4.69) is 20.8 Å². The van der Waals surface area contributed by atoms with Crippen LogP contribution in [-0.2, 0) is 6.54 Å². The minimum Gasteiger partial charge on any atom is -0.307 e. The van der Waals surface area contributed by atoms with Gasteiger partial charge in [0.2, 0.25) is 0 Å². The summed E-state index contributed by atoms with van der Waals surface area (Å²) in [6, 6.07) is 3.85. The van der Waals surface area contributed by atoms with E-state index in [9.17, 15) is 14.5 Å². The third-order valence-electron chi connectivity index (χ3n) is 3.03. The first kappa shape index (κ1) is 12.6. The van der Waals surface area contributed by atoms with Crippen molar-refractivity contribution in [3.05, 3.63) is 40.0 Å². The van der Waals surface area contributed by atoms with Gasteiger partial charge >= 0.3 is 0 Å². The van der Waals surface area contributed by atoms with E-state index in [4.69, 9.17) is 0 Å². The lowest BCUT2D eigenvalue weighted by Gasteiger charge is -2.06. The fourth-order valence-corrected chi connectivity index (χ4v) is 1.81. The molecule has 0 bridgehead atoms. The zero-order valence-electron chi connectivity index (χ0n) is 10.4.